The van der Waals surface area contributed by atoms with Gasteiger partial charge in [0.05, 0.1) is 18.6 Å². The highest BCUT2D eigenvalue weighted by molar-refractivity contribution is 8.26. The molecule has 1 N–H and O–H groups in total. The minimum atomic E-state index is -0.158. The van der Waals surface area contributed by atoms with Gasteiger partial charge in [0.2, 0.25) is 6.79 Å². The topological polar surface area (TPSA) is 68.2 Å². The molecule has 0 aromatic heterocycles. The number of carbonyl (C=O) groups is 1. The molecule has 0 spiro atoms. The number of fused-ring (bicyclic) bond motifs is 1. The zero-order valence-corrected chi connectivity index (χ0v) is 15.9. The van der Waals surface area contributed by atoms with Crippen LogP contribution in [0.25, 0.3) is 6.08 Å². The summed E-state index contributed by atoms with van der Waals surface area (Å²) in [6.45, 7) is 0.566. The van der Waals surface area contributed by atoms with Crippen LogP contribution >= 0.6 is 24.0 Å². The summed E-state index contributed by atoms with van der Waals surface area (Å²) in [5, 5.41) is 9.70. The van der Waals surface area contributed by atoms with Crippen LogP contribution in [0.1, 0.15) is 11.1 Å². The Kier molecular flexibility index (Phi) is 4.67. The van der Waals surface area contributed by atoms with Crippen molar-refractivity contribution in [3.63, 3.8) is 0 Å². The highest BCUT2D eigenvalue weighted by Gasteiger charge is 2.32. The average Bonchev–Trinajstić information content (AvgIpc) is 3.23. The number of thiocarbonyl (C=S) groups is 1. The van der Waals surface area contributed by atoms with Gasteiger partial charge in [-0.3, -0.25) is 9.69 Å². The van der Waals surface area contributed by atoms with Crippen molar-refractivity contribution >= 4 is 40.3 Å². The zero-order chi connectivity index (χ0) is 19.0. The van der Waals surface area contributed by atoms with E-state index in [-0.39, 0.29) is 18.4 Å². The number of phenolic OH excluding ortho intramolecular Hbond substituents is 1. The van der Waals surface area contributed by atoms with Crippen LogP contribution < -0.4 is 14.2 Å². The summed E-state index contributed by atoms with van der Waals surface area (Å²) in [5.41, 5.74) is 1.65. The lowest BCUT2D eigenvalue weighted by Crippen LogP contribution is -2.27. The van der Waals surface area contributed by atoms with E-state index in [0.29, 0.717) is 33.0 Å². The van der Waals surface area contributed by atoms with Gasteiger partial charge in [-0.05, 0) is 41.5 Å². The van der Waals surface area contributed by atoms with Crippen molar-refractivity contribution < 1.29 is 24.1 Å². The van der Waals surface area contributed by atoms with Crippen LogP contribution in [0.15, 0.2) is 41.3 Å². The number of nitrogens with zero attached hydrogens (tertiary/aromatic N) is 1. The molecule has 2 aliphatic heterocycles. The van der Waals surface area contributed by atoms with Gasteiger partial charge in [0.15, 0.2) is 23.0 Å². The van der Waals surface area contributed by atoms with Crippen molar-refractivity contribution in [2.45, 2.75) is 6.54 Å². The molecule has 2 heterocycles. The maximum absolute atomic E-state index is 12.8. The molecule has 2 aromatic carbocycles. The van der Waals surface area contributed by atoms with E-state index in [9.17, 15) is 9.90 Å². The molecule has 8 heteroatoms. The number of phenols is 1. The lowest BCUT2D eigenvalue weighted by atomic mass is 10.1. The van der Waals surface area contributed by atoms with Crippen LogP contribution in [0.4, 0.5) is 0 Å². The second kappa shape index (κ2) is 7.13. The van der Waals surface area contributed by atoms with Crippen molar-refractivity contribution in [3.05, 3.63) is 52.4 Å². The van der Waals surface area contributed by atoms with Crippen LogP contribution in [0.5, 0.6) is 23.0 Å². The van der Waals surface area contributed by atoms with Gasteiger partial charge in [0.25, 0.3) is 5.91 Å². The molecule has 2 aliphatic rings. The number of hydrogen-bond acceptors (Lipinski definition) is 7. The first-order valence-corrected chi connectivity index (χ1v) is 9.28. The first-order valence-electron chi connectivity index (χ1n) is 8.06. The summed E-state index contributed by atoms with van der Waals surface area (Å²) in [5.74, 6) is 1.61. The van der Waals surface area contributed by atoms with Gasteiger partial charge in [0, 0.05) is 0 Å². The molecule has 1 saturated heterocycles. The molecule has 4 rings (SSSR count). The van der Waals surface area contributed by atoms with Gasteiger partial charge in [0.1, 0.15) is 4.32 Å². The molecule has 2 aromatic rings. The molecule has 1 amide bonds. The fourth-order valence-electron chi connectivity index (χ4n) is 2.79. The number of amides is 1. The highest BCUT2D eigenvalue weighted by Crippen LogP contribution is 2.37. The molecule has 0 saturated carbocycles. The van der Waals surface area contributed by atoms with Gasteiger partial charge >= 0.3 is 0 Å². The van der Waals surface area contributed by atoms with Crippen molar-refractivity contribution in [1.29, 1.82) is 0 Å². The van der Waals surface area contributed by atoms with Gasteiger partial charge in [-0.2, -0.15) is 0 Å². The van der Waals surface area contributed by atoms with Crippen LogP contribution in [0.3, 0.4) is 0 Å². The van der Waals surface area contributed by atoms with Crippen molar-refractivity contribution in [3.8, 4) is 23.0 Å². The Morgan fingerprint density at radius 2 is 2.07 bits per heavy atom. The van der Waals surface area contributed by atoms with Gasteiger partial charge < -0.3 is 19.3 Å². The summed E-state index contributed by atoms with van der Waals surface area (Å²) in [4.78, 5) is 14.9. The van der Waals surface area contributed by atoms with E-state index in [2.05, 4.69) is 0 Å². The Morgan fingerprint density at radius 1 is 1.26 bits per heavy atom. The van der Waals surface area contributed by atoms with E-state index in [4.69, 9.17) is 26.4 Å². The predicted octanol–water partition coefficient (Wildman–Crippen LogP) is 3.53. The Balaban J connectivity index is 1.55. The molecule has 0 aliphatic carbocycles. The summed E-state index contributed by atoms with van der Waals surface area (Å²) < 4.78 is 16.3. The average molecular weight is 401 g/mol. The van der Waals surface area contributed by atoms with E-state index in [1.165, 1.54) is 24.9 Å². The molecule has 0 bridgehead atoms. The summed E-state index contributed by atoms with van der Waals surface area (Å²) in [7, 11) is 1.48. The van der Waals surface area contributed by atoms with E-state index in [0.717, 1.165) is 11.1 Å². The van der Waals surface area contributed by atoms with Gasteiger partial charge in [-0.25, -0.2) is 0 Å². The number of thioether (sulfide) groups is 1. The Bertz CT molecular complexity index is 973. The van der Waals surface area contributed by atoms with E-state index >= 15 is 0 Å². The maximum atomic E-state index is 12.8. The fourth-order valence-corrected chi connectivity index (χ4v) is 4.05. The minimum absolute atomic E-state index is 0.0463. The molecule has 6 nitrogen and oxygen atoms in total. The molecule has 138 valence electrons. The van der Waals surface area contributed by atoms with Crippen LogP contribution in [0, 0.1) is 0 Å². The maximum Gasteiger partial charge on any atom is 0.266 e. The van der Waals surface area contributed by atoms with Crippen LogP contribution in [-0.2, 0) is 11.3 Å². The highest BCUT2D eigenvalue weighted by atomic mass is 32.2. The molecule has 27 heavy (non-hydrogen) atoms. The third-order valence-corrected chi connectivity index (χ3v) is 5.53. The largest absolute Gasteiger partial charge is 0.504 e. The Hall–Kier alpha value is -2.71. The SMILES string of the molecule is COc1cc(/C=C2/SC(=S)N(Cc3ccc4c(c3)OCO4)C2=O)ccc1O. The second-order valence-corrected chi connectivity index (χ2v) is 7.56. The predicted molar refractivity (Wildman–Crippen MR) is 106 cm³/mol. The third kappa shape index (κ3) is 3.45. The minimum Gasteiger partial charge on any atom is -0.504 e. The van der Waals surface area contributed by atoms with E-state index < -0.39 is 0 Å². The number of ether oxygens (including phenoxy) is 3. The number of carbonyl (C=O) groups excluding carboxylic acids is 1. The van der Waals surface area contributed by atoms with Crippen molar-refractivity contribution in [2.75, 3.05) is 13.9 Å². The lowest BCUT2D eigenvalue weighted by Gasteiger charge is -2.14. The Labute approximate surface area is 165 Å². The fraction of sp³-hybridized carbons (Fsp3) is 0.158. The Morgan fingerprint density at radius 3 is 2.89 bits per heavy atom. The normalized spacial score (nSPS) is 17.1. The smallest absolute Gasteiger partial charge is 0.266 e. The number of methoxy groups -OCH3 is 1. The van der Waals surface area contributed by atoms with E-state index in [1.807, 2.05) is 18.2 Å². The molecule has 0 radical (unpaired) electrons. The number of rotatable bonds is 4. The molecule has 0 unspecified atom stereocenters. The molecule has 1 fully saturated rings. The molecular formula is C19H15NO5S2. The first-order chi connectivity index (χ1) is 13.0. The molecule has 0 atom stereocenters. The second-order valence-electron chi connectivity index (χ2n) is 5.89. The number of aromatic hydroxyl groups is 1. The van der Waals surface area contributed by atoms with Crippen molar-refractivity contribution in [2.24, 2.45) is 0 Å². The number of hydrogen-bond donors (Lipinski definition) is 1. The van der Waals surface area contributed by atoms with Crippen LogP contribution in [0.2, 0.25) is 0 Å². The quantitative estimate of drug-likeness (QED) is 0.621. The lowest BCUT2D eigenvalue weighted by molar-refractivity contribution is -0.122. The first kappa shape index (κ1) is 17.7. The monoisotopic (exact) mass is 401 g/mol. The molecular weight excluding hydrogens is 386 g/mol. The van der Waals surface area contributed by atoms with Gasteiger partial charge in [-0.1, -0.05) is 36.1 Å². The van der Waals surface area contributed by atoms with Crippen molar-refractivity contribution in [1.82, 2.24) is 4.90 Å². The summed E-state index contributed by atoms with van der Waals surface area (Å²) in [6, 6.07) is 10.5. The number of benzene rings is 2. The zero-order valence-electron chi connectivity index (χ0n) is 14.3. The third-order valence-electron chi connectivity index (χ3n) is 4.15. The van der Waals surface area contributed by atoms with E-state index in [1.54, 1.807) is 23.1 Å². The van der Waals surface area contributed by atoms with Crippen LogP contribution in [-0.4, -0.2) is 34.1 Å². The standard InChI is InChI=1S/C19H15NO5S2/c1-23-15-6-11(2-4-13(15)21)8-17-18(22)20(19(26)27-17)9-12-3-5-14-16(7-12)25-10-24-14/h2-8,21H,9-10H2,1H3/b17-8+. The summed E-state index contributed by atoms with van der Waals surface area (Å²) in [6.07, 6.45) is 1.74. The van der Waals surface area contributed by atoms with Gasteiger partial charge in [-0.15, -0.1) is 0 Å². The summed E-state index contributed by atoms with van der Waals surface area (Å²) >= 11 is 6.63.